The monoisotopic (exact) mass is 152 g/mol. The Morgan fingerprint density at radius 3 is 2.27 bits per heavy atom. The number of aliphatic hydroxyl groups excluding tert-OH is 1. The van der Waals surface area contributed by atoms with E-state index < -0.39 is 0 Å². The van der Waals surface area contributed by atoms with Crippen molar-refractivity contribution in [2.24, 2.45) is 0 Å². The molecule has 0 aliphatic heterocycles. The number of hydrogen-bond acceptors (Lipinski definition) is 2. The third kappa shape index (κ3) is 5.15. The Kier molecular flexibility index (Phi) is 4.82. The first-order chi connectivity index (χ1) is 5.18. The van der Waals surface area contributed by atoms with E-state index in [0.717, 1.165) is 6.26 Å². The fourth-order valence-electron chi connectivity index (χ4n) is 0.431. The van der Waals surface area contributed by atoms with Gasteiger partial charge in [0.05, 0.1) is 6.26 Å². The van der Waals surface area contributed by atoms with Gasteiger partial charge in [0.25, 0.3) is 0 Å². The average molecular weight is 152 g/mol. The highest BCUT2D eigenvalue weighted by Crippen LogP contribution is 1.93. The standard InChI is InChI=1S/C9H12O2/c1-8(9(2)11)6-4-3-5-7-10/h3-7,10H,1-2H3/b4-3?,7-5-,8-6?. The minimum Gasteiger partial charge on any atom is -0.516 e. The van der Waals surface area contributed by atoms with Gasteiger partial charge in [-0.15, -0.1) is 0 Å². The van der Waals surface area contributed by atoms with Crippen LogP contribution in [0.2, 0.25) is 0 Å². The Bertz CT molecular complexity index is 210. The van der Waals surface area contributed by atoms with Crippen LogP contribution >= 0.6 is 0 Å². The van der Waals surface area contributed by atoms with Gasteiger partial charge in [-0.25, -0.2) is 0 Å². The molecule has 0 saturated heterocycles. The lowest BCUT2D eigenvalue weighted by atomic mass is 10.2. The zero-order valence-corrected chi connectivity index (χ0v) is 6.74. The Balaban J connectivity index is 4.01. The summed E-state index contributed by atoms with van der Waals surface area (Å²) in [6.07, 6.45) is 7.45. The number of carbonyl (C=O) groups excluding carboxylic acids is 1. The summed E-state index contributed by atoms with van der Waals surface area (Å²) in [5.41, 5.74) is 0.701. The van der Waals surface area contributed by atoms with E-state index in [9.17, 15) is 4.79 Å². The van der Waals surface area contributed by atoms with Crippen molar-refractivity contribution in [3.8, 4) is 0 Å². The second-order valence-electron chi connectivity index (χ2n) is 2.13. The molecule has 0 amide bonds. The number of rotatable bonds is 3. The van der Waals surface area contributed by atoms with Crippen molar-refractivity contribution in [3.63, 3.8) is 0 Å². The van der Waals surface area contributed by atoms with Gasteiger partial charge in [-0.05, 0) is 25.5 Å². The molecule has 0 unspecified atom stereocenters. The third-order valence-electron chi connectivity index (χ3n) is 1.21. The van der Waals surface area contributed by atoms with E-state index >= 15 is 0 Å². The van der Waals surface area contributed by atoms with Gasteiger partial charge in [-0.2, -0.15) is 0 Å². The minimum atomic E-state index is 0.0580. The summed E-state index contributed by atoms with van der Waals surface area (Å²) in [7, 11) is 0. The third-order valence-corrected chi connectivity index (χ3v) is 1.21. The summed E-state index contributed by atoms with van der Waals surface area (Å²) in [5.74, 6) is 0.0580. The number of Topliss-reactive ketones (excluding diaryl/α,β-unsaturated/α-hetero) is 1. The van der Waals surface area contributed by atoms with Crippen LogP contribution in [0, 0.1) is 0 Å². The Morgan fingerprint density at radius 1 is 1.18 bits per heavy atom. The molecule has 0 aliphatic carbocycles. The first-order valence-corrected chi connectivity index (χ1v) is 3.33. The molecule has 0 aromatic carbocycles. The molecule has 0 rings (SSSR count). The Labute approximate surface area is 66.5 Å². The Morgan fingerprint density at radius 2 is 1.82 bits per heavy atom. The summed E-state index contributed by atoms with van der Waals surface area (Å²) < 4.78 is 0. The van der Waals surface area contributed by atoms with Gasteiger partial charge in [0.2, 0.25) is 0 Å². The second-order valence-corrected chi connectivity index (χ2v) is 2.13. The first-order valence-electron chi connectivity index (χ1n) is 3.33. The van der Waals surface area contributed by atoms with Crippen molar-refractivity contribution >= 4 is 5.78 Å². The highest BCUT2D eigenvalue weighted by atomic mass is 16.2. The van der Waals surface area contributed by atoms with Crippen LogP contribution in [-0.4, -0.2) is 10.9 Å². The molecule has 11 heavy (non-hydrogen) atoms. The van der Waals surface area contributed by atoms with E-state index in [0.29, 0.717) is 5.57 Å². The summed E-state index contributed by atoms with van der Waals surface area (Å²) >= 11 is 0. The van der Waals surface area contributed by atoms with Crippen LogP contribution in [0.15, 0.2) is 36.1 Å². The van der Waals surface area contributed by atoms with Gasteiger partial charge in [0, 0.05) is 0 Å². The van der Waals surface area contributed by atoms with E-state index in [-0.39, 0.29) is 5.78 Å². The van der Waals surface area contributed by atoms with E-state index in [1.165, 1.54) is 13.0 Å². The second kappa shape index (κ2) is 5.47. The molecule has 0 aromatic heterocycles. The van der Waals surface area contributed by atoms with Crippen LogP contribution in [0.3, 0.4) is 0 Å². The number of allylic oxidation sites excluding steroid dienone is 5. The zero-order valence-electron chi connectivity index (χ0n) is 6.74. The van der Waals surface area contributed by atoms with Gasteiger partial charge >= 0.3 is 0 Å². The normalized spacial score (nSPS) is 13.1. The van der Waals surface area contributed by atoms with Crippen LogP contribution in [0.5, 0.6) is 0 Å². The molecule has 0 atom stereocenters. The molecule has 2 heteroatoms. The maximum absolute atomic E-state index is 10.6. The highest BCUT2D eigenvalue weighted by molar-refractivity contribution is 5.92. The average Bonchev–Trinajstić information content (AvgIpc) is 1.97. The van der Waals surface area contributed by atoms with Gasteiger partial charge in [0.15, 0.2) is 5.78 Å². The van der Waals surface area contributed by atoms with Crippen molar-refractivity contribution in [1.82, 2.24) is 0 Å². The van der Waals surface area contributed by atoms with Gasteiger partial charge in [-0.3, -0.25) is 4.79 Å². The van der Waals surface area contributed by atoms with Crippen molar-refractivity contribution < 1.29 is 9.90 Å². The summed E-state index contributed by atoms with van der Waals surface area (Å²) in [4.78, 5) is 10.6. The van der Waals surface area contributed by atoms with Crippen LogP contribution in [0.1, 0.15) is 13.8 Å². The lowest BCUT2D eigenvalue weighted by Crippen LogP contribution is -1.89. The number of hydrogen-bond donors (Lipinski definition) is 1. The van der Waals surface area contributed by atoms with E-state index in [1.54, 1.807) is 25.2 Å². The van der Waals surface area contributed by atoms with E-state index in [4.69, 9.17) is 5.11 Å². The van der Waals surface area contributed by atoms with Gasteiger partial charge in [-0.1, -0.05) is 18.2 Å². The molecular weight excluding hydrogens is 140 g/mol. The van der Waals surface area contributed by atoms with Crippen LogP contribution in [-0.2, 0) is 4.79 Å². The fourth-order valence-corrected chi connectivity index (χ4v) is 0.431. The quantitative estimate of drug-likeness (QED) is 0.382. The molecule has 0 saturated carbocycles. The summed E-state index contributed by atoms with van der Waals surface area (Å²) in [6.45, 7) is 3.26. The van der Waals surface area contributed by atoms with Crippen molar-refractivity contribution in [2.45, 2.75) is 13.8 Å². The molecule has 0 radical (unpaired) electrons. The molecule has 60 valence electrons. The number of aliphatic hydroxyl groups is 1. The molecular formula is C9H12O2. The van der Waals surface area contributed by atoms with Crippen LogP contribution < -0.4 is 0 Å². The topological polar surface area (TPSA) is 37.3 Å². The molecule has 1 N–H and O–H groups in total. The van der Waals surface area contributed by atoms with Crippen LogP contribution in [0.25, 0.3) is 0 Å². The molecule has 0 fully saturated rings. The summed E-state index contributed by atoms with van der Waals surface area (Å²) in [6, 6.07) is 0. The Hall–Kier alpha value is -1.31. The van der Waals surface area contributed by atoms with Crippen molar-refractivity contribution in [3.05, 3.63) is 36.1 Å². The van der Waals surface area contributed by atoms with Crippen molar-refractivity contribution in [2.75, 3.05) is 0 Å². The molecule has 2 nitrogen and oxygen atoms in total. The molecule has 0 bridgehead atoms. The number of carbonyl (C=O) groups is 1. The largest absolute Gasteiger partial charge is 0.516 e. The van der Waals surface area contributed by atoms with Gasteiger partial charge < -0.3 is 5.11 Å². The van der Waals surface area contributed by atoms with Crippen molar-refractivity contribution in [1.29, 1.82) is 0 Å². The van der Waals surface area contributed by atoms with E-state index in [2.05, 4.69) is 0 Å². The highest BCUT2D eigenvalue weighted by Gasteiger charge is 1.90. The van der Waals surface area contributed by atoms with Gasteiger partial charge in [0.1, 0.15) is 0 Å². The molecule has 0 aromatic rings. The molecule has 0 aliphatic rings. The predicted octanol–water partition coefficient (Wildman–Crippen LogP) is 2.15. The predicted molar refractivity (Wildman–Crippen MR) is 45.3 cm³/mol. The molecule has 0 spiro atoms. The fraction of sp³-hybridized carbons (Fsp3) is 0.222. The van der Waals surface area contributed by atoms with Crippen LogP contribution in [0.4, 0.5) is 0 Å². The smallest absolute Gasteiger partial charge is 0.155 e. The zero-order chi connectivity index (χ0) is 8.69. The van der Waals surface area contributed by atoms with E-state index in [1.807, 2.05) is 0 Å². The lowest BCUT2D eigenvalue weighted by Gasteiger charge is -1.87. The maximum atomic E-state index is 10.6. The maximum Gasteiger partial charge on any atom is 0.155 e. The first kappa shape index (κ1) is 9.69. The lowest BCUT2D eigenvalue weighted by molar-refractivity contribution is -0.113. The number of ketones is 1. The minimum absolute atomic E-state index is 0.0580. The summed E-state index contributed by atoms with van der Waals surface area (Å²) in [5, 5.41) is 8.22. The SMILES string of the molecule is CC(=O)C(C)=CC=C/C=C\O. The molecule has 0 heterocycles.